The van der Waals surface area contributed by atoms with Gasteiger partial charge in [0.05, 0.1) is 6.54 Å². The van der Waals surface area contributed by atoms with Crippen molar-refractivity contribution in [2.45, 2.75) is 37.8 Å². The Labute approximate surface area is 144 Å². The second-order valence-electron chi connectivity index (χ2n) is 5.78. The fourth-order valence-electron chi connectivity index (χ4n) is 3.41. The lowest BCUT2D eigenvalue weighted by atomic mass is 9.99. The van der Waals surface area contributed by atoms with Crippen LogP contribution in [0.2, 0.25) is 0 Å². The summed E-state index contributed by atoms with van der Waals surface area (Å²) < 4.78 is 0. The van der Waals surface area contributed by atoms with Crippen LogP contribution in [0, 0.1) is 0 Å². The van der Waals surface area contributed by atoms with Gasteiger partial charge < -0.3 is 10.6 Å². The molecule has 2 N–H and O–H groups in total. The number of rotatable bonds is 4. The smallest absolute Gasteiger partial charge is 0.239 e. The van der Waals surface area contributed by atoms with Gasteiger partial charge in [0.25, 0.3) is 0 Å². The molecule has 2 aliphatic heterocycles. The highest BCUT2D eigenvalue weighted by atomic mass is 35.5. The van der Waals surface area contributed by atoms with Crippen LogP contribution in [0.5, 0.6) is 0 Å². The molecule has 2 saturated heterocycles. The van der Waals surface area contributed by atoms with E-state index < -0.39 is 0 Å². The fourth-order valence-corrected chi connectivity index (χ4v) is 3.41. The zero-order valence-electron chi connectivity index (χ0n) is 12.7. The number of hydrogen-bond donors (Lipinski definition) is 2. The lowest BCUT2D eigenvalue weighted by molar-refractivity contribution is -0.120. The molecule has 0 saturated carbocycles. The number of nitrogens with zero attached hydrogens (tertiary/aromatic N) is 1. The van der Waals surface area contributed by atoms with Crippen LogP contribution < -0.4 is 10.6 Å². The second kappa shape index (κ2) is 9.23. The standard InChI is InChI=1S/C16H23N3O.2ClH/c20-16(12-17-13-6-2-1-3-7-13)18-14-9-11-19-10-5-4-8-15(14)19;;/h1-3,6-7,14-15,17H,4-5,8-12H2,(H,18,20);2*1H. The van der Waals surface area contributed by atoms with Gasteiger partial charge in [-0.05, 0) is 37.9 Å². The first kappa shape index (κ1) is 19.1. The average Bonchev–Trinajstić information content (AvgIpc) is 2.90. The largest absolute Gasteiger partial charge is 0.376 e. The number of piperidine rings is 1. The van der Waals surface area contributed by atoms with E-state index in [1.165, 1.54) is 25.8 Å². The molecule has 2 unspecified atom stereocenters. The molecule has 2 aliphatic rings. The van der Waals surface area contributed by atoms with Crippen LogP contribution in [-0.4, -0.2) is 42.5 Å². The van der Waals surface area contributed by atoms with Crippen LogP contribution in [0.15, 0.2) is 30.3 Å². The number of carbonyl (C=O) groups excluding carboxylic acids is 1. The first-order chi connectivity index (χ1) is 9.83. The van der Waals surface area contributed by atoms with E-state index in [1.54, 1.807) is 0 Å². The van der Waals surface area contributed by atoms with Crippen molar-refractivity contribution in [3.63, 3.8) is 0 Å². The van der Waals surface area contributed by atoms with Crippen molar-refractivity contribution in [1.29, 1.82) is 0 Å². The second-order valence-corrected chi connectivity index (χ2v) is 5.78. The van der Waals surface area contributed by atoms with E-state index in [0.29, 0.717) is 18.6 Å². The number of halogens is 2. The van der Waals surface area contributed by atoms with Crippen LogP contribution >= 0.6 is 24.8 Å². The lowest BCUT2D eigenvalue weighted by Gasteiger charge is -2.32. The van der Waals surface area contributed by atoms with E-state index in [0.717, 1.165) is 18.7 Å². The molecule has 6 heteroatoms. The number of carbonyl (C=O) groups is 1. The molecular formula is C16H25Cl2N3O. The summed E-state index contributed by atoms with van der Waals surface area (Å²) in [5.74, 6) is 0.103. The third-order valence-electron chi connectivity index (χ3n) is 4.43. The van der Waals surface area contributed by atoms with Crippen molar-refractivity contribution >= 4 is 36.4 Å². The SMILES string of the molecule is Cl.Cl.O=C(CNc1ccccc1)NC1CCN2CCCCC12. The minimum atomic E-state index is 0. The van der Waals surface area contributed by atoms with Gasteiger partial charge in [0.1, 0.15) is 0 Å². The van der Waals surface area contributed by atoms with Gasteiger partial charge in [-0.25, -0.2) is 0 Å². The van der Waals surface area contributed by atoms with Gasteiger partial charge in [0.15, 0.2) is 0 Å². The van der Waals surface area contributed by atoms with Gasteiger partial charge >= 0.3 is 0 Å². The molecule has 2 atom stereocenters. The minimum Gasteiger partial charge on any atom is -0.376 e. The van der Waals surface area contributed by atoms with Gasteiger partial charge in [0, 0.05) is 24.3 Å². The maximum atomic E-state index is 12.1. The molecule has 1 amide bonds. The van der Waals surface area contributed by atoms with Crippen molar-refractivity contribution in [3.8, 4) is 0 Å². The van der Waals surface area contributed by atoms with Crippen LogP contribution in [0.1, 0.15) is 25.7 Å². The van der Waals surface area contributed by atoms with Gasteiger partial charge in [-0.1, -0.05) is 24.6 Å². The van der Waals surface area contributed by atoms with Crippen LogP contribution in [-0.2, 0) is 4.79 Å². The third kappa shape index (κ3) is 4.77. The minimum absolute atomic E-state index is 0. The Morgan fingerprint density at radius 1 is 1.09 bits per heavy atom. The molecule has 2 fully saturated rings. The summed E-state index contributed by atoms with van der Waals surface area (Å²) in [5.41, 5.74) is 0.994. The first-order valence-corrected chi connectivity index (χ1v) is 7.65. The zero-order valence-corrected chi connectivity index (χ0v) is 14.3. The molecule has 1 aromatic carbocycles. The van der Waals surface area contributed by atoms with Crippen molar-refractivity contribution in [2.24, 2.45) is 0 Å². The Balaban J connectivity index is 0.00000121. The topological polar surface area (TPSA) is 44.4 Å². The van der Waals surface area contributed by atoms with Gasteiger partial charge in [-0.2, -0.15) is 0 Å². The van der Waals surface area contributed by atoms with E-state index >= 15 is 0 Å². The molecule has 0 aromatic heterocycles. The Hall–Kier alpha value is -0.970. The van der Waals surface area contributed by atoms with E-state index in [-0.39, 0.29) is 30.7 Å². The molecule has 0 radical (unpaired) electrons. The summed E-state index contributed by atoms with van der Waals surface area (Å²) in [6.45, 7) is 2.70. The summed E-state index contributed by atoms with van der Waals surface area (Å²) in [5, 5.41) is 6.37. The summed E-state index contributed by atoms with van der Waals surface area (Å²) in [7, 11) is 0. The van der Waals surface area contributed by atoms with E-state index in [9.17, 15) is 4.79 Å². The summed E-state index contributed by atoms with van der Waals surface area (Å²) in [4.78, 5) is 14.6. The number of fused-ring (bicyclic) bond motifs is 1. The predicted molar refractivity (Wildman–Crippen MR) is 95.2 cm³/mol. The van der Waals surface area contributed by atoms with Gasteiger partial charge in [-0.15, -0.1) is 24.8 Å². The first-order valence-electron chi connectivity index (χ1n) is 7.65. The normalized spacial score (nSPS) is 23.6. The molecule has 2 heterocycles. The number of benzene rings is 1. The van der Waals surface area contributed by atoms with Crippen molar-refractivity contribution in [1.82, 2.24) is 10.2 Å². The maximum absolute atomic E-state index is 12.1. The Morgan fingerprint density at radius 2 is 1.86 bits per heavy atom. The quantitative estimate of drug-likeness (QED) is 0.881. The van der Waals surface area contributed by atoms with Crippen LogP contribution in [0.3, 0.4) is 0 Å². The maximum Gasteiger partial charge on any atom is 0.239 e. The van der Waals surface area contributed by atoms with Crippen molar-refractivity contribution in [3.05, 3.63) is 30.3 Å². The fraction of sp³-hybridized carbons (Fsp3) is 0.562. The van der Waals surface area contributed by atoms with Gasteiger partial charge in [0.2, 0.25) is 5.91 Å². The number of hydrogen-bond acceptors (Lipinski definition) is 3. The molecule has 124 valence electrons. The Bertz CT molecular complexity index is 458. The van der Waals surface area contributed by atoms with Crippen LogP contribution in [0.25, 0.3) is 0 Å². The number of para-hydroxylation sites is 1. The van der Waals surface area contributed by atoms with Crippen molar-refractivity contribution < 1.29 is 4.79 Å². The van der Waals surface area contributed by atoms with E-state index in [2.05, 4.69) is 15.5 Å². The molecule has 22 heavy (non-hydrogen) atoms. The zero-order chi connectivity index (χ0) is 13.8. The summed E-state index contributed by atoms with van der Waals surface area (Å²) in [6.07, 6.45) is 4.95. The van der Waals surface area contributed by atoms with Crippen molar-refractivity contribution in [2.75, 3.05) is 25.0 Å². The number of amides is 1. The molecular weight excluding hydrogens is 321 g/mol. The van der Waals surface area contributed by atoms with Crippen LogP contribution in [0.4, 0.5) is 5.69 Å². The summed E-state index contributed by atoms with van der Waals surface area (Å²) in [6, 6.07) is 10.8. The molecule has 4 nitrogen and oxygen atoms in total. The monoisotopic (exact) mass is 345 g/mol. The average molecular weight is 346 g/mol. The molecule has 0 spiro atoms. The molecule has 3 rings (SSSR count). The predicted octanol–water partition coefficient (Wildman–Crippen LogP) is 2.69. The summed E-state index contributed by atoms with van der Waals surface area (Å²) >= 11 is 0. The van der Waals surface area contributed by atoms with Gasteiger partial charge in [-0.3, -0.25) is 9.69 Å². The number of anilines is 1. The Kier molecular flexibility index (Phi) is 8.01. The highest BCUT2D eigenvalue weighted by molar-refractivity contribution is 5.85. The Morgan fingerprint density at radius 3 is 2.64 bits per heavy atom. The van der Waals surface area contributed by atoms with E-state index in [4.69, 9.17) is 0 Å². The highest BCUT2D eigenvalue weighted by Gasteiger charge is 2.35. The molecule has 0 bridgehead atoms. The molecule has 1 aromatic rings. The lowest BCUT2D eigenvalue weighted by Crippen LogP contribution is -2.48. The number of nitrogens with one attached hydrogen (secondary N) is 2. The van der Waals surface area contributed by atoms with E-state index in [1.807, 2.05) is 30.3 Å². The third-order valence-corrected chi connectivity index (χ3v) is 4.43. The highest BCUT2D eigenvalue weighted by Crippen LogP contribution is 2.26. The molecule has 0 aliphatic carbocycles.